The molecule has 0 aliphatic rings. The van der Waals surface area contributed by atoms with E-state index in [9.17, 15) is 9.90 Å². The average molecular weight is 345 g/mol. The molecule has 0 saturated carbocycles. The van der Waals surface area contributed by atoms with Crippen LogP contribution in [0.5, 0.6) is 0 Å². The van der Waals surface area contributed by atoms with E-state index in [1.807, 2.05) is 31.2 Å². The van der Waals surface area contributed by atoms with Crippen LogP contribution in [-0.4, -0.2) is 29.3 Å². The number of rotatable bonds is 8. The van der Waals surface area contributed by atoms with E-state index in [1.165, 1.54) is 0 Å². The summed E-state index contributed by atoms with van der Waals surface area (Å²) >= 11 is 0. The van der Waals surface area contributed by atoms with Gasteiger partial charge in [-0.3, -0.25) is 0 Å². The Morgan fingerprint density at radius 3 is 2.68 bits per heavy atom. The number of aliphatic hydroxyl groups is 1. The highest BCUT2D eigenvalue weighted by atomic mass is 16.4. The van der Waals surface area contributed by atoms with Crippen molar-refractivity contribution in [2.45, 2.75) is 40.0 Å². The van der Waals surface area contributed by atoms with Gasteiger partial charge in [0.15, 0.2) is 0 Å². The van der Waals surface area contributed by atoms with Gasteiger partial charge in [-0.15, -0.1) is 0 Å². The van der Waals surface area contributed by atoms with E-state index in [0.29, 0.717) is 24.5 Å². The Labute approximate surface area is 148 Å². The highest BCUT2D eigenvalue weighted by molar-refractivity contribution is 5.89. The zero-order valence-corrected chi connectivity index (χ0v) is 15.1. The molecule has 0 fully saturated rings. The Bertz CT molecular complexity index is 693. The first kappa shape index (κ1) is 19.0. The Kier molecular flexibility index (Phi) is 6.58. The molecule has 0 spiro atoms. The molecular formula is C19H27N3O3. The van der Waals surface area contributed by atoms with Crippen LogP contribution in [0.2, 0.25) is 0 Å². The lowest BCUT2D eigenvalue weighted by atomic mass is 9.79. The molecule has 0 aliphatic carbocycles. The monoisotopic (exact) mass is 345 g/mol. The van der Waals surface area contributed by atoms with Crippen LogP contribution in [-0.2, 0) is 0 Å². The molecule has 0 saturated heterocycles. The van der Waals surface area contributed by atoms with Crippen molar-refractivity contribution >= 4 is 11.7 Å². The second-order valence-electron chi connectivity index (χ2n) is 6.35. The van der Waals surface area contributed by atoms with E-state index in [0.717, 1.165) is 24.2 Å². The van der Waals surface area contributed by atoms with Crippen LogP contribution in [0.15, 0.2) is 34.9 Å². The summed E-state index contributed by atoms with van der Waals surface area (Å²) in [6.45, 7) is 6.67. The quantitative estimate of drug-likeness (QED) is 0.676. The molecule has 136 valence electrons. The van der Waals surface area contributed by atoms with Crippen molar-refractivity contribution < 1.29 is 14.3 Å². The van der Waals surface area contributed by atoms with Gasteiger partial charge in [-0.25, -0.2) is 9.78 Å². The smallest absolute Gasteiger partial charge is 0.319 e. The van der Waals surface area contributed by atoms with Gasteiger partial charge in [-0.1, -0.05) is 19.9 Å². The number of nitrogens with zero attached hydrogens (tertiary/aromatic N) is 1. The van der Waals surface area contributed by atoms with Crippen molar-refractivity contribution in [1.82, 2.24) is 10.3 Å². The predicted molar refractivity (Wildman–Crippen MR) is 98.4 cm³/mol. The molecule has 6 heteroatoms. The van der Waals surface area contributed by atoms with Crippen molar-refractivity contribution in [3.05, 3.63) is 36.2 Å². The molecule has 3 N–H and O–H groups in total. The van der Waals surface area contributed by atoms with E-state index in [1.54, 1.807) is 6.20 Å². The van der Waals surface area contributed by atoms with E-state index in [4.69, 9.17) is 4.42 Å². The van der Waals surface area contributed by atoms with Gasteiger partial charge < -0.3 is 20.2 Å². The fraction of sp³-hybridized carbons (Fsp3) is 0.474. The molecule has 2 amide bonds. The van der Waals surface area contributed by atoms with Crippen molar-refractivity contribution in [1.29, 1.82) is 0 Å². The molecule has 1 aromatic carbocycles. The number of aryl methyl sites for hydroxylation is 1. The standard InChI is InChI=1S/C19H27N3O3/c1-4-19(5-2,9-10-23)13-21-18(24)22-16-8-6-7-15(11-16)17-20-12-14(3)25-17/h6-8,11-12,23H,4-5,9-10,13H2,1-3H3,(H2,21,22,24). The Hall–Kier alpha value is -2.34. The Balaban J connectivity index is 1.99. The minimum absolute atomic E-state index is 0.0659. The van der Waals surface area contributed by atoms with E-state index in [2.05, 4.69) is 29.5 Å². The number of hydrogen-bond donors (Lipinski definition) is 3. The molecule has 0 unspecified atom stereocenters. The molecule has 0 aliphatic heterocycles. The third kappa shape index (κ3) is 5.06. The summed E-state index contributed by atoms with van der Waals surface area (Å²) in [7, 11) is 0. The van der Waals surface area contributed by atoms with Gasteiger partial charge in [0.1, 0.15) is 5.76 Å². The molecule has 2 rings (SSSR count). The summed E-state index contributed by atoms with van der Waals surface area (Å²) in [5, 5.41) is 15.0. The highest BCUT2D eigenvalue weighted by Crippen LogP contribution is 2.29. The van der Waals surface area contributed by atoms with Crippen LogP contribution in [0.3, 0.4) is 0 Å². The lowest BCUT2D eigenvalue weighted by Crippen LogP contribution is -2.39. The highest BCUT2D eigenvalue weighted by Gasteiger charge is 2.26. The van der Waals surface area contributed by atoms with Crippen LogP contribution in [0.25, 0.3) is 11.5 Å². The summed E-state index contributed by atoms with van der Waals surface area (Å²) < 4.78 is 5.51. The van der Waals surface area contributed by atoms with Gasteiger partial charge >= 0.3 is 6.03 Å². The average Bonchev–Trinajstić information content (AvgIpc) is 3.05. The number of amides is 2. The number of nitrogens with one attached hydrogen (secondary N) is 2. The zero-order chi connectivity index (χ0) is 18.3. The number of urea groups is 1. The maximum Gasteiger partial charge on any atom is 0.319 e. The second-order valence-corrected chi connectivity index (χ2v) is 6.35. The van der Waals surface area contributed by atoms with Gasteiger partial charge in [-0.05, 0) is 49.8 Å². The number of carbonyl (C=O) groups is 1. The van der Waals surface area contributed by atoms with E-state index < -0.39 is 0 Å². The first-order valence-corrected chi connectivity index (χ1v) is 8.70. The zero-order valence-electron chi connectivity index (χ0n) is 15.1. The number of carbonyl (C=O) groups excluding carboxylic acids is 1. The predicted octanol–water partition coefficient (Wildman–Crippen LogP) is 3.96. The first-order chi connectivity index (χ1) is 12.0. The minimum Gasteiger partial charge on any atom is -0.441 e. The SMILES string of the molecule is CCC(CC)(CCO)CNC(=O)Nc1cccc(-c2ncc(C)o2)c1. The summed E-state index contributed by atoms with van der Waals surface area (Å²) in [5.74, 6) is 1.27. The number of hydrogen-bond acceptors (Lipinski definition) is 4. The minimum atomic E-state index is -0.259. The lowest BCUT2D eigenvalue weighted by Gasteiger charge is -2.31. The van der Waals surface area contributed by atoms with Crippen molar-refractivity contribution in [2.75, 3.05) is 18.5 Å². The van der Waals surface area contributed by atoms with E-state index in [-0.39, 0.29) is 18.1 Å². The Morgan fingerprint density at radius 1 is 1.32 bits per heavy atom. The molecule has 25 heavy (non-hydrogen) atoms. The number of benzene rings is 1. The molecule has 0 atom stereocenters. The molecule has 0 radical (unpaired) electrons. The van der Waals surface area contributed by atoms with Gasteiger partial charge in [0.25, 0.3) is 0 Å². The van der Waals surface area contributed by atoms with Crippen LogP contribution in [0.4, 0.5) is 10.5 Å². The maximum absolute atomic E-state index is 12.2. The first-order valence-electron chi connectivity index (χ1n) is 8.70. The lowest BCUT2D eigenvalue weighted by molar-refractivity contribution is 0.165. The maximum atomic E-state index is 12.2. The van der Waals surface area contributed by atoms with Crippen LogP contribution in [0, 0.1) is 12.3 Å². The Morgan fingerprint density at radius 2 is 2.08 bits per heavy atom. The third-order valence-electron chi connectivity index (χ3n) is 4.75. The van der Waals surface area contributed by atoms with Crippen LogP contribution < -0.4 is 10.6 Å². The number of aliphatic hydroxyl groups excluding tert-OH is 1. The summed E-state index contributed by atoms with van der Waals surface area (Å²) in [6.07, 6.45) is 4.16. The van der Waals surface area contributed by atoms with Crippen molar-refractivity contribution in [3.8, 4) is 11.5 Å². The molecule has 0 bridgehead atoms. The molecule has 1 heterocycles. The summed E-state index contributed by atoms with van der Waals surface area (Å²) in [5.41, 5.74) is 1.41. The van der Waals surface area contributed by atoms with Crippen molar-refractivity contribution in [3.63, 3.8) is 0 Å². The number of anilines is 1. The van der Waals surface area contributed by atoms with Crippen LogP contribution >= 0.6 is 0 Å². The molecule has 6 nitrogen and oxygen atoms in total. The van der Waals surface area contributed by atoms with E-state index >= 15 is 0 Å². The topological polar surface area (TPSA) is 87.4 Å². The van der Waals surface area contributed by atoms with Gasteiger partial charge in [0, 0.05) is 24.4 Å². The number of aromatic nitrogens is 1. The van der Waals surface area contributed by atoms with Gasteiger partial charge in [-0.2, -0.15) is 0 Å². The number of oxazole rings is 1. The third-order valence-corrected chi connectivity index (χ3v) is 4.75. The fourth-order valence-corrected chi connectivity index (χ4v) is 2.84. The summed E-state index contributed by atoms with van der Waals surface area (Å²) in [6, 6.07) is 7.11. The van der Waals surface area contributed by atoms with Gasteiger partial charge in [0.2, 0.25) is 5.89 Å². The van der Waals surface area contributed by atoms with Crippen molar-refractivity contribution in [2.24, 2.45) is 5.41 Å². The second kappa shape index (κ2) is 8.67. The van der Waals surface area contributed by atoms with Crippen LogP contribution in [0.1, 0.15) is 38.9 Å². The largest absolute Gasteiger partial charge is 0.441 e. The summed E-state index contributed by atoms with van der Waals surface area (Å²) in [4.78, 5) is 16.4. The molecule has 2 aromatic rings. The fourth-order valence-electron chi connectivity index (χ4n) is 2.84. The van der Waals surface area contributed by atoms with Gasteiger partial charge in [0.05, 0.1) is 6.20 Å². The molecule has 1 aromatic heterocycles. The normalized spacial score (nSPS) is 11.4. The molecular weight excluding hydrogens is 318 g/mol.